The van der Waals surface area contributed by atoms with E-state index in [1.807, 2.05) is 36.6 Å². The topological polar surface area (TPSA) is 93.8 Å². The number of carbonyl (C=O) groups is 1. The Hall–Kier alpha value is -3.34. The van der Waals surface area contributed by atoms with Crippen molar-refractivity contribution >= 4 is 22.6 Å². The number of H-pyrrole nitrogens is 1. The molecule has 8 nitrogen and oxygen atoms in total. The third-order valence-corrected chi connectivity index (χ3v) is 6.13. The Balaban J connectivity index is 1.31. The van der Waals surface area contributed by atoms with Crippen LogP contribution in [0.3, 0.4) is 0 Å². The summed E-state index contributed by atoms with van der Waals surface area (Å²) in [6.07, 6.45) is 7.09. The molecule has 1 aliphatic heterocycles. The van der Waals surface area contributed by atoms with E-state index in [1.165, 1.54) is 0 Å². The molecule has 3 aromatic heterocycles. The highest BCUT2D eigenvalue weighted by Crippen LogP contribution is 2.35. The smallest absolute Gasteiger partial charge is 0.225 e. The lowest BCUT2D eigenvalue weighted by Crippen LogP contribution is -2.52. The van der Waals surface area contributed by atoms with Crippen LogP contribution in [0.2, 0.25) is 0 Å². The lowest BCUT2D eigenvalue weighted by molar-refractivity contribution is -0.139. The Morgan fingerprint density at radius 2 is 2.07 bits per heavy atom. The molecule has 2 fully saturated rings. The number of nitrogens with one attached hydrogen (secondary N) is 1. The van der Waals surface area contributed by atoms with Gasteiger partial charge in [-0.3, -0.25) is 9.48 Å². The van der Waals surface area contributed by atoms with Crippen LogP contribution < -0.4 is 4.90 Å². The molecule has 1 saturated heterocycles. The van der Waals surface area contributed by atoms with Gasteiger partial charge in [0.15, 0.2) is 0 Å². The van der Waals surface area contributed by atoms with Gasteiger partial charge < -0.3 is 14.8 Å². The van der Waals surface area contributed by atoms with Crippen LogP contribution in [0, 0.1) is 23.2 Å². The van der Waals surface area contributed by atoms with Crippen molar-refractivity contribution in [2.75, 3.05) is 31.1 Å². The summed E-state index contributed by atoms with van der Waals surface area (Å²) in [7, 11) is 1.90. The molecule has 29 heavy (non-hydrogen) atoms. The van der Waals surface area contributed by atoms with Crippen molar-refractivity contribution in [1.82, 2.24) is 24.6 Å². The first-order valence-electron chi connectivity index (χ1n) is 10.0. The van der Waals surface area contributed by atoms with Gasteiger partial charge in [-0.1, -0.05) is 0 Å². The Kier molecular flexibility index (Phi) is 4.23. The largest absolute Gasteiger partial charge is 0.367 e. The summed E-state index contributed by atoms with van der Waals surface area (Å²) in [5, 5.41) is 14.3. The molecule has 0 atom stereocenters. The van der Waals surface area contributed by atoms with Crippen LogP contribution in [-0.2, 0) is 11.8 Å². The highest BCUT2D eigenvalue weighted by atomic mass is 16.2. The van der Waals surface area contributed by atoms with E-state index in [4.69, 9.17) is 5.26 Å². The summed E-state index contributed by atoms with van der Waals surface area (Å²) in [5.41, 5.74) is 4.03. The SMILES string of the molecule is Cn1cc(-c2cc3c(N4CCN(C(=O)C5CC(C#N)C5)CC4)ccnc3[nH]2)cn1. The number of anilines is 1. The minimum absolute atomic E-state index is 0.0468. The van der Waals surface area contributed by atoms with Crippen molar-refractivity contribution in [2.24, 2.45) is 18.9 Å². The maximum atomic E-state index is 12.6. The summed E-state index contributed by atoms with van der Waals surface area (Å²) in [5.74, 6) is 0.333. The molecule has 1 N–H and O–H groups in total. The molecule has 148 valence electrons. The van der Waals surface area contributed by atoms with Gasteiger partial charge >= 0.3 is 0 Å². The average Bonchev–Trinajstić information content (AvgIpc) is 3.33. The first kappa shape index (κ1) is 17.7. The van der Waals surface area contributed by atoms with E-state index in [2.05, 4.69) is 32.1 Å². The maximum absolute atomic E-state index is 12.6. The minimum Gasteiger partial charge on any atom is -0.367 e. The van der Waals surface area contributed by atoms with Crippen LogP contribution in [0.4, 0.5) is 5.69 Å². The number of piperazine rings is 1. The number of nitriles is 1. The lowest BCUT2D eigenvalue weighted by atomic mass is 9.75. The molecule has 0 aromatic carbocycles. The van der Waals surface area contributed by atoms with E-state index in [0.29, 0.717) is 0 Å². The Morgan fingerprint density at radius 3 is 2.76 bits per heavy atom. The minimum atomic E-state index is 0.0468. The van der Waals surface area contributed by atoms with Gasteiger partial charge in [-0.2, -0.15) is 10.4 Å². The van der Waals surface area contributed by atoms with Crippen LogP contribution in [-0.4, -0.2) is 56.7 Å². The normalized spacial score (nSPS) is 21.8. The number of hydrogen-bond donors (Lipinski definition) is 1. The molecule has 1 amide bonds. The quantitative estimate of drug-likeness (QED) is 0.741. The molecular formula is C21H23N7O. The molecule has 4 heterocycles. The van der Waals surface area contributed by atoms with Crippen LogP contribution in [0.25, 0.3) is 22.3 Å². The Bertz CT molecular complexity index is 1090. The first-order chi connectivity index (χ1) is 14.1. The van der Waals surface area contributed by atoms with Crippen molar-refractivity contribution in [3.05, 3.63) is 30.7 Å². The van der Waals surface area contributed by atoms with Crippen LogP contribution in [0.5, 0.6) is 0 Å². The zero-order chi connectivity index (χ0) is 20.0. The summed E-state index contributed by atoms with van der Waals surface area (Å²) >= 11 is 0. The standard InChI is InChI=1S/C21H23N7O/c1-26-13-16(12-24-26)18-10-17-19(2-3-23-20(17)25-18)27-4-6-28(7-5-27)21(29)15-8-14(9-15)11-22/h2-3,10,12-15H,4-9H2,1H3,(H,23,25). The van der Waals surface area contributed by atoms with Crippen molar-refractivity contribution < 1.29 is 4.79 Å². The number of fused-ring (bicyclic) bond motifs is 1. The second-order valence-electron chi connectivity index (χ2n) is 7.98. The maximum Gasteiger partial charge on any atom is 0.225 e. The molecule has 2 aliphatic rings. The molecule has 0 bridgehead atoms. The molecule has 8 heteroatoms. The molecule has 0 unspecified atom stereocenters. The predicted molar refractivity (Wildman–Crippen MR) is 109 cm³/mol. The average molecular weight is 389 g/mol. The number of aryl methyl sites for hydroxylation is 1. The number of aromatic nitrogens is 4. The zero-order valence-corrected chi connectivity index (χ0v) is 16.4. The number of rotatable bonds is 3. The van der Waals surface area contributed by atoms with Gasteiger partial charge in [0.1, 0.15) is 5.65 Å². The van der Waals surface area contributed by atoms with Gasteiger partial charge in [-0.05, 0) is 25.0 Å². The van der Waals surface area contributed by atoms with Crippen LogP contribution in [0.1, 0.15) is 12.8 Å². The van der Waals surface area contributed by atoms with E-state index in [1.54, 1.807) is 4.68 Å². The molecule has 5 rings (SSSR count). The van der Waals surface area contributed by atoms with Crippen LogP contribution in [0.15, 0.2) is 30.7 Å². The van der Waals surface area contributed by atoms with Crippen molar-refractivity contribution in [2.45, 2.75) is 12.8 Å². The van der Waals surface area contributed by atoms with E-state index in [9.17, 15) is 4.79 Å². The molecule has 3 aromatic rings. The van der Waals surface area contributed by atoms with E-state index in [-0.39, 0.29) is 17.7 Å². The molecule has 1 aliphatic carbocycles. The fourth-order valence-corrected chi connectivity index (χ4v) is 4.36. The van der Waals surface area contributed by atoms with Crippen molar-refractivity contribution in [3.63, 3.8) is 0 Å². The van der Waals surface area contributed by atoms with E-state index < -0.39 is 0 Å². The highest BCUT2D eigenvalue weighted by Gasteiger charge is 2.37. The molecule has 0 spiro atoms. The number of carbonyl (C=O) groups excluding carboxylic acids is 1. The van der Waals surface area contributed by atoms with Crippen LogP contribution >= 0.6 is 0 Å². The number of amides is 1. The first-order valence-corrected chi connectivity index (χ1v) is 10.0. The summed E-state index contributed by atoms with van der Waals surface area (Å²) in [4.78, 5) is 24.8. The van der Waals surface area contributed by atoms with Gasteiger partial charge in [0.25, 0.3) is 0 Å². The molecule has 0 radical (unpaired) electrons. The predicted octanol–water partition coefficient (Wildman–Crippen LogP) is 2.16. The zero-order valence-electron chi connectivity index (χ0n) is 16.4. The number of hydrogen-bond acceptors (Lipinski definition) is 5. The fourth-order valence-electron chi connectivity index (χ4n) is 4.36. The molecular weight excluding hydrogens is 366 g/mol. The molecule has 1 saturated carbocycles. The third-order valence-electron chi connectivity index (χ3n) is 6.13. The highest BCUT2D eigenvalue weighted by molar-refractivity contribution is 5.93. The van der Waals surface area contributed by atoms with Gasteiger partial charge in [-0.25, -0.2) is 4.98 Å². The van der Waals surface area contributed by atoms with Gasteiger partial charge in [0, 0.05) is 74.1 Å². The number of pyridine rings is 1. The fraction of sp³-hybridized carbons (Fsp3) is 0.429. The number of aromatic amines is 1. The summed E-state index contributed by atoms with van der Waals surface area (Å²) in [6, 6.07) is 6.43. The van der Waals surface area contributed by atoms with Crippen molar-refractivity contribution in [3.8, 4) is 17.3 Å². The third kappa shape index (κ3) is 3.12. The Morgan fingerprint density at radius 1 is 1.28 bits per heavy atom. The van der Waals surface area contributed by atoms with E-state index in [0.717, 1.165) is 67.0 Å². The monoisotopic (exact) mass is 389 g/mol. The Labute approximate surface area is 168 Å². The number of nitrogens with zero attached hydrogens (tertiary/aromatic N) is 6. The van der Waals surface area contributed by atoms with Gasteiger partial charge in [0.2, 0.25) is 5.91 Å². The van der Waals surface area contributed by atoms with Gasteiger partial charge in [0.05, 0.1) is 18.0 Å². The van der Waals surface area contributed by atoms with E-state index >= 15 is 0 Å². The second kappa shape index (κ2) is 6.92. The van der Waals surface area contributed by atoms with Crippen molar-refractivity contribution in [1.29, 1.82) is 5.26 Å². The summed E-state index contributed by atoms with van der Waals surface area (Å²) in [6.45, 7) is 3.03. The summed E-state index contributed by atoms with van der Waals surface area (Å²) < 4.78 is 1.78. The second-order valence-corrected chi connectivity index (χ2v) is 7.98. The van der Waals surface area contributed by atoms with Gasteiger partial charge in [-0.15, -0.1) is 0 Å². The lowest BCUT2D eigenvalue weighted by Gasteiger charge is -2.40.